The van der Waals surface area contributed by atoms with Crippen LogP contribution in [0.1, 0.15) is 194 Å². The molecular weight excluding hydrogens is 544 g/mol. The molecular formula is C36H70O7. The Hall–Kier alpha value is -1.18. The molecule has 4 N–H and O–H groups in total. The third-order valence-electron chi connectivity index (χ3n) is 8.94. The zero-order valence-electron chi connectivity index (χ0n) is 28.2. The average molecular weight is 615 g/mol. The van der Waals surface area contributed by atoms with E-state index in [4.69, 9.17) is 4.74 Å². The van der Waals surface area contributed by atoms with Gasteiger partial charge in [0, 0.05) is 13.2 Å². The fourth-order valence-electron chi connectivity index (χ4n) is 5.83. The fraction of sp³-hybridized carbons (Fsp3) is 0.944. The second kappa shape index (κ2) is 28.3. The lowest BCUT2D eigenvalue weighted by Gasteiger charge is -2.23. The first-order chi connectivity index (χ1) is 20.7. The summed E-state index contributed by atoms with van der Waals surface area (Å²) >= 11 is 0. The number of ether oxygens (including phenoxy) is 1. The Morgan fingerprint density at radius 2 is 0.651 bits per heavy atom. The molecule has 0 spiro atoms. The zero-order chi connectivity index (χ0) is 32.1. The Morgan fingerprint density at radius 3 is 0.907 bits per heavy atom. The van der Waals surface area contributed by atoms with Crippen molar-refractivity contribution in [2.75, 3.05) is 13.2 Å². The SMILES string of the molecule is CCCCCCCCC(O)(CCCCCCCCOCCCCCCCCC(O)(CCCCCCCC)C(=O)O)C(=O)O. The van der Waals surface area contributed by atoms with Crippen LogP contribution >= 0.6 is 0 Å². The van der Waals surface area contributed by atoms with Crippen LogP contribution in [0.4, 0.5) is 0 Å². The summed E-state index contributed by atoms with van der Waals surface area (Å²) in [6.07, 6.45) is 26.6. The van der Waals surface area contributed by atoms with E-state index in [0.29, 0.717) is 25.7 Å². The van der Waals surface area contributed by atoms with Crippen LogP contribution in [0.3, 0.4) is 0 Å². The lowest BCUT2D eigenvalue weighted by molar-refractivity contribution is -0.161. The second-order valence-corrected chi connectivity index (χ2v) is 13.1. The van der Waals surface area contributed by atoms with Crippen LogP contribution in [-0.2, 0) is 14.3 Å². The highest BCUT2D eigenvalue weighted by Crippen LogP contribution is 2.25. The molecule has 43 heavy (non-hydrogen) atoms. The molecule has 7 heteroatoms. The minimum Gasteiger partial charge on any atom is -0.479 e. The van der Waals surface area contributed by atoms with Gasteiger partial charge in [-0.2, -0.15) is 0 Å². The van der Waals surface area contributed by atoms with E-state index < -0.39 is 23.1 Å². The van der Waals surface area contributed by atoms with Crippen molar-refractivity contribution < 1.29 is 34.8 Å². The predicted octanol–water partition coefficient (Wildman–Crippen LogP) is 9.60. The topological polar surface area (TPSA) is 124 Å². The van der Waals surface area contributed by atoms with Crippen LogP contribution < -0.4 is 0 Å². The maximum absolute atomic E-state index is 11.6. The Balaban J connectivity index is 3.64. The highest BCUT2D eigenvalue weighted by Gasteiger charge is 2.35. The molecule has 0 radical (unpaired) electrons. The van der Waals surface area contributed by atoms with Crippen LogP contribution in [0.2, 0.25) is 0 Å². The highest BCUT2D eigenvalue weighted by atomic mass is 16.5. The van der Waals surface area contributed by atoms with Gasteiger partial charge in [0.15, 0.2) is 11.2 Å². The summed E-state index contributed by atoms with van der Waals surface area (Å²) in [6.45, 7) is 5.92. The lowest BCUT2D eigenvalue weighted by Crippen LogP contribution is -2.38. The first kappa shape index (κ1) is 41.8. The van der Waals surface area contributed by atoms with E-state index in [1.807, 2.05) is 0 Å². The largest absolute Gasteiger partial charge is 0.479 e. The number of carboxylic acids is 2. The highest BCUT2D eigenvalue weighted by molar-refractivity contribution is 5.77. The maximum atomic E-state index is 11.6. The van der Waals surface area contributed by atoms with Crippen molar-refractivity contribution in [3.63, 3.8) is 0 Å². The molecule has 256 valence electrons. The minimum atomic E-state index is -1.56. The third-order valence-corrected chi connectivity index (χ3v) is 8.94. The lowest BCUT2D eigenvalue weighted by atomic mass is 9.89. The van der Waals surface area contributed by atoms with Gasteiger partial charge in [-0.25, -0.2) is 9.59 Å². The zero-order valence-corrected chi connectivity index (χ0v) is 28.2. The van der Waals surface area contributed by atoms with Crippen LogP contribution in [0.15, 0.2) is 0 Å². The summed E-state index contributed by atoms with van der Waals surface area (Å²) in [6, 6.07) is 0. The fourth-order valence-corrected chi connectivity index (χ4v) is 5.83. The standard InChI is InChI=1S/C36H70O7/c1-3-5-7-9-15-21-27-35(41,33(37)38)29-23-17-11-13-19-25-31-43-32-26-20-14-12-18-24-30-36(42,34(39)40)28-22-16-10-8-6-4-2/h41-42H,3-32H2,1-2H3,(H,37,38)(H,39,40). The molecule has 0 heterocycles. The second-order valence-electron chi connectivity index (χ2n) is 13.1. The van der Waals surface area contributed by atoms with Gasteiger partial charge in [0.1, 0.15) is 0 Å². The number of aliphatic hydroxyl groups is 2. The van der Waals surface area contributed by atoms with E-state index >= 15 is 0 Å². The van der Waals surface area contributed by atoms with Gasteiger partial charge in [-0.05, 0) is 64.2 Å². The van der Waals surface area contributed by atoms with Crippen LogP contribution in [0.25, 0.3) is 0 Å². The average Bonchev–Trinajstić information content (AvgIpc) is 2.98. The van der Waals surface area contributed by atoms with Crippen LogP contribution in [-0.4, -0.2) is 56.8 Å². The summed E-state index contributed by atoms with van der Waals surface area (Å²) in [4.78, 5) is 23.2. The normalized spacial score (nSPS) is 14.4. The molecule has 0 aliphatic heterocycles. The van der Waals surface area contributed by atoms with Crippen molar-refractivity contribution in [3.05, 3.63) is 0 Å². The molecule has 0 saturated heterocycles. The van der Waals surface area contributed by atoms with Gasteiger partial charge in [-0.15, -0.1) is 0 Å². The van der Waals surface area contributed by atoms with E-state index in [1.54, 1.807) is 0 Å². The summed E-state index contributed by atoms with van der Waals surface area (Å²) in [7, 11) is 0. The number of unbranched alkanes of at least 4 members (excludes halogenated alkanes) is 20. The molecule has 0 aromatic heterocycles. The maximum Gasteiger partial charge on any atom is 0.335 e. The number of carbonyl (C=O) groups is 2. The quantitative estimate of drug-likeness (QED) is 0.0532. The molecule has 2 atom stereocenters. The van der Waals surface area contributed by atoms with E-state index in [0.717, 1.165) is 129 Å². The van der Waals surface area contributed by atoms with Gasteiger partial charge in [-0.3, -0.25) is 0 Å². The van der Waals surface area contributed by atoms with Gasteiger partial charge < -0.3 is 25.2 Å². The van der Waals surface area contributed by atoms with Gasteiger partial charge in [-0.1, -0.05) is 129 Å². The van der Waals surface area contributed by atoms with Crippen LogP contribution in [0.5, 0.6) is 0 Å². The first-order valence-electron chi connectivity index (χ1n) is 18.2. The van der Waals surface area contributed by atoms with Crippen LogP contribution in [0, 0.1) is 0 Å². The van der Waals surface area contributed by atoms with Crippen molar-refractivity contribution in [1.29, 1.82) is 0 Å². The molecule has 0 aliphatic carbocycles. The Bertz CT molecular complexity index is 602. The molecule has 0 aliphatic rings. The summed E-state index contributed by atoms with van der Waals surface area (Å²) in [5.74, 6) is -2.14. The monoisotopic (exact) mass is 615 g/mol. The molecule has 7 nitrogen and oxygen atoms in total. The number of hydrogen-bond acceptors (Lipinski definition) is 5. The number of carboxylic acid groups (broad SMARTS) is 2. The van der Waals surface area contributed by atoms with Gasteiger partial charge in [0.25, 0.3) is 0 Å². The molecule has 0 amide bonds. The third kappa shape index (κ3) is 23.8. The van der Waals surface area contributed by atoms with Crippen molar-refractivity contribution in [3.8, 4) is 0 Å². The predicted molar refractivity (Wildman–Crippen MR) is 177 cm³/mol. The number of rotatable bonds is 34. The van der Waals surface area contributed by atoms with E-state index in [2.05, 4.69) is 13.8 Å². The summed E-state index contributed by atoms with van der Waals surface area (Å²) in [5, 5.41) is 40.1. The molecule has 0 aromatic carbocycles. The van der Waals surface area contributed by atoms with Gasteiger partial charge in [0.2, 0.25) is 0 Å². The van der Waals surface area contributed by atoms with Gasteiger partial charge >= 0.3 is 11.9 Å². The number of hydrogen-bond donors (Lipinski definition) is 4. The van der Waals surface area contributed by atoms with Crippen molar-refractivity contribution in [1.82, 2.24) is 0 Å². The Kier molecular flexibility index (Phi) is 27.5. The molecule has 0 bridgehead atoms. The van der Waals surface area contributed by atoms with E-state index in [-0.39, 0.29) is 0 Å². The van der Waals surface area contributed by atoms with Gasteiger partial charge in [0.05, 0.1) is 0 Å². The Morgan fingerprint density at radius 1 is 0.419 bits per heavy atom. The van der Waals surface area contributed by atoms with Crippen molar-refractivity contribution in [2.24, 2.45) is 0 Å². The van der Waals surface area contributed by atoms with Crippen molar-refractivity contribution >= 4 is 11.9 Å². The summed E-state index contributed by atoms with van der Waals surface area (Å²) in [5.41, 5.74) is -3.12. The number of aliphatic carboxylic acids is 2. The molecule has 0 saturated carbocycles. The molecule has 2 unspecified atom stereocenters. The molecule has 0 rings (SSSR count). The van der Waals surface area contributed by atoms with Crippen molar-refractivity contribution in [2.45, 2.75) is 205 Å². The first-order valence-corrected chi connectivity index (χ1v) is 18.2. The Labute approximate surface area is 264 Å². The summed E-state index contributed by atoms with van der Waals surface area (Å²) < 4.78 is 5.77. The van der Waals surface area contributed by atoms with E-state index in [1.165, 1.54) is 38.5 Å². The van der Waals surface area contributed by atoms with E-state index in [9.17, 15) is 30.0 Å². The minimum absolute atomic E-state index is 0.351. The molecule has 0 aromatic rings. The smallest absolute Gasteiger partial charge is 0.335 e. The molecule has 0 fully saturated rings.